The van der Waals surface area contributed by atoms with E-state index < -0.39 is 0 Å². The fourth-order valence-electron chi connectivity index (χ4n) is 2.18. The molecule has 2 rings (SSSR count). The molecule has 1 heterocycles. The predicted molar refractivity (Wildman–Crippen MR) is 102 cm³/mol. The zero-order valence-corrected chi connectivity index (χ0v) is 16.3. The Balaban J connectivity index is 1.71. The van der Waals surface area contributed by atoms with Gasteiger partial charge in [0.2, 0.25) is 0 Å². The average Bonchev–Trinajstić information content (AvgIpc) is 3.04. The van der Waals surface area contributed by atoms with Crippen LogP contribution >= 0.6 is 27.3 Å². The number of hydrogen-bond acceptors (Lipinski definition) is 3. The van der Waals surface area contributed by atoms with Crippen LogP contribution in [0.2, 0.25) is 0 Å². The third-order valence-electron chi connectivity index (χ3n) is 3.51. The van der Waals surface area contributed by atoms with Gasteiger partial charge in [-0.05, 0) is 37.0 Å². The minimum absolute atomic E-state index is 0.164. The maximum Gasteiger partial charge on any atom is 0.191 e. The molecule has 0 aliphatic carbocycles. The number of aromatic nitrogens is 1. The van der Waals surface area contributed by atoms with E-state index in [-0.39, 0.29) is 5.82 Å². The Morgan fingerprint density at radius 2 is 2.21 bits per heavy atom. The van der Waals surface area contributed by atoms with Crippen LogP contribution in [0.3, 0.4) is 0 Å². The maximum absolute atomic E-state index is 13.7. The molecule has 0 bridgehead atoms. The molecule has 0 spiro atoms. The highest BCUT2D eigenvalue weighted by molar-refractivity contribution is 9.10. The monoisotopic (exact) mass is 412 g/mol. The van der Waals surface area contributed by atoms with Gasteiger partial charge in [-0.3, -0.25) is 4.99 Å². The van der Waals surface area contributed by atoms with Crippen molar-refractivity contribution in [1.29, 1.82) is 0 Å². The molecular formula is C17H22BrFN4S. The lowest BCUT2D eigenvalue weighted by atomic mass is 10.1. The first-order valence-corrected chi connectivity index (χ1v) is 9.55. The first kappa shape index (κ1) is 18.9. The van der Waals surface area contributed by atoms with E-state index in [1.807, 2.05) is 18.3 Å². The molecule has 130 valence electrons. The van der Waals surface area contributed by atoms with Crippen molar-refractivity contribution in [2.45, 2.75) is 32.7 Å². The Hall–Kier alpha value is -1.47. The molecule has 2 N–H and O–H groups in total. The summed E-state index contributed by atoms with van der Waals surface area (Å²) in [6.45, 7) is 3.51. The lowest BCUT2D eigenvalue weighted by Gasteiger charge is -2.11. The summed E-state index contributed by atoms with van der Waals surface area (Å²) in [6.07, 6.45) is 4.45. The molecule has 0 radical (unpaired) electrons. The number of guanidine groups is 1. The topological polar surface area (TPSA) is 49.3 Å². The summed E-state index contributed by atoms with van der Waals surface area (Å²) in [5.74, 6) is 0.571. The van der Waals surface area contributed by atoms with Crippen LogP contribution in [0.15, 0.2) is 33.9 Å². The highest BCUT2D eigenvalue weighted by Gasteiger charge is 2.04. The van der Waals surface area contributed by atoms with E-state index in [9.17, 15) is 4.39 Å². The van der Waals surface area contributed by atoms with Crippen molar-refractivity contribution >= 4 is 33.2 Å². The molecule has 0 amide bonds. The van der Waals surface area contributed by atoms with Gasteiger partial charge in [0.1, 0.15) is 10.8 Å². The Bertz CT molecular complexity index is 687. The number of thiazole rings is 1. The zero-order valence-electron chi connectivity index (χ0n) is 13.9. The third kappa shape index (κ3) is 5.87. The summed E-state index contributed by atoms with van der Waals surface area (Å²) in [4.78, 5) is 9.85. The van der Waals surface area contributed by atoms with Crippen LogP contribution < -0.4 is 10.6 Å². The molecule has 0 aliphatic rings. The van der Waals surface area contributed by atoms with Crippen molar-refractivity contribution in [2.75, 3.05) is 13.6 Å². The molecule has 0 fully saturated rings. The van der Waals surface area contributed by atoms with Gasteiger partial charge in [0.15, 0.2) is 5.96 Å². The summed E-state index contributed by atoms with van der Waals surface area (Å²) >= 11 is 4.98. The van der Waals surface area contributed by atoms with Gasteiger partial charge in [-0.2, -0.15) is 0 Å². The van der Waals surface area contributed by atoms with Gasteiger partial charge >= 0.3 is 0 Å². The Labute approximate surface area is 154 Å². The van der Waals surface area contributed by atoms with Crippen molar-refractivity contribution in [3.05, 3.63) is 50.1 Å². The largest absolute Gasteiger partial charge is 0.356 e. The zero-order chi connectivity index (χ0) is 17.4. The van der Waals surface area contributed by atoms with Gasteiger partial charge in [-0.15, -0.1) is 11.3 Å². The number of aliphatic imine (C=N–C) groups is 1. The number of nitrogens with zero attached hydrogens (tertiary/aromatic N) is 2. The summed E-state index contributed by atoms with van der Waals surface area (Å²) in [7, 11) is 1.74. The number of benzene rings is 1. The van der Waals surface area contributed by atoms with E-state index in [0.717, 1.165) is 40.4 Å². The second-order valence-corrected chi connectivity index (χ2v) is 7.38. The number of hydrogen-bond donors (Lipinski definition) is 2. The first-order valence-electron chi connectivity index (χ1n) is 7.94. The molecule has 0 saturated carbocycles. The van der Waals surface area contributed by atoms with E-state index in [4.69, 9.17) is 0 Å². The normalized spacial score (nSPS) is 11.6. The van der Waals surface area contributed by atoms with Gasteiger partial charge in [-0.25, -0.2) is 9.37 Å². The highest BCUT2D eigenvalue weighted by Crippen LogP contribution is 2.16. The smallest absolute Gasteiger partial charge is 0.191 e. The minimum Gasteiger partial charge on any atom is -0.356 e. The van der Waals surface area contributed by atoms with Crippen molar-refractivity contribution in [2.24, 2.45) is 4.99 Å². The molecule has 1 aromatic carbocycles. The quantitative estimate of drug-likeness (QED) is 0.411. The van der Waals surface area contributed by atoms with Crippen LogP contribution in [-0.4, -0.2) is 24.5 Å². The van der Waals surface area contributed by atoms with Crippen LogP contribution in [-0.2, 0) is 19.4 Å². The van der Waals surface area contributed by atoms with Gasteiger partial charge < -0.3 is 10.6 Å². The van der Waals surface area contributed by atoms with Crippen LogP contribution in [0.25, 0.3) is 0 Å². The predicted octanol–water partition coefficient (Wildman–Crippen LogP) is 3.90. The Morgan fingerprint density at radius 1 is 1.38 bits per heavy atom. The second kappa shape index (κ2) is 9.74. The fourth-order valence-corrected chi connectivity index (χ4v) is 3.32. The number of rotatable bonds is 7. The molecule has 1 aromatic heterocycles. The number of halogens is 2. The van der Waals surface area contributed by atoms with Crippen LogP contribution in [0.1, 0.15) is 28.8 Å². The maximum atomic E-state index is 13.7. The van der Waals surface area contributed by atoms with E-state index in [1.165, 1.54) is 10.9 Å². The van der Waals surface area contributed by atoms with Crippen LogP contribution in [0, 0.1) is 5.82 Å². The van der Waals surface area contributed by atoms with Crippen molar-refractivity contribution in [1.82, 2.24) is 15.6 Å². The lowest BCUT2D eigenvalue weighted by molar-refractivity contribution is 0.602. The van der Waals surface area contributed by atoms with Gasteiger partial charge in [0, 0.05) is 29.1 Å². The first-order chi connectivity index (χ1) is 11.6. The number of aryl methyl sites for hydroxylation is 2. The van der Waals surface area contributed by atoms with Gasteiger partial charge in [0.25, 0.3) is 0 Å². The van der Waals surface area contributed by atoms with E-state index >= 15 is 0 Å². The molecule has 0 unspecified atom stereocenters. The standard InChI is InChI=1S/C17H22BrFN4S/c1-3-14-10-22-16(24-14)11-23-17(20-2)21-8-4-5-12-6-7-13(18)9-15(12)19/h6-7,9-10H,3-5,8,11H2,1-2H3,(H2,20,21,23). The van der Waals surface area contributed by atoms with Crippen molar-refractivity contribution in [3.63, 3.8) is 0 Å². The van der Waals surface area contributed by atoms with E-state index in [1.54, 1.807) is 18.4 Å². The summed E-state index contributed by atoms with van der Waals surface area (Å²) in [6, 6.07) is 5.19. The van der Waals surface area contributed by atoms with Gasteiger partial charge in [-0.1, -0.05) is 28.9 Å². The van der Waals surface area contributed by atoms with E-state index in [2.05, 4.69) is 43.5 Å². The molecule has 4 nitrogen and oxygen atoms in total. The fraction of sp³-hybridized carbons (Fsp3) is 0.412. The van der Waals surface area contributed by atoms with Crippen molar-refractivity contribution < 1.29 is 4.39 Å². The average molecular weight is 413 g/mol. The Morgan fingerprint density at radius 3 is 2.88 bits per heavy atom. The molecular weight excluding hydrogens is 391 g/mol. The SMILES string of the molecule is CCc1cnc(CNC(=NC)NCCCc2ccc(Br)cc2F)s1. The molecule has 2 aromatic rings. The molecule has 24 heavy (non-hydrogen) atoms. The number of nitrogens with one attached hydrogen (secondary N) is 2. The molecule has 0 saturated heterocycles. The third-order valence-corrected chi connectivity index (χ3v) is 5.15. The summed E-state index contributed by atoms with van der Waals surface area (Å²) < 4.78 is 14.5. The molecule has 0 atom stereocenters. The van der Waals surface area contributed by atoms with Gasteiger partial charge in [0.05, 0.1) is 6.54 Å². The minimum atomic E-state index is -0.164. The summed E-state index contributed by atoms with van der Waals surface area (Å²) in [5.41, 5.74) is 0.734. The Kier molecular flexibility index (Phi) is 7.65. The second-order valence-electron chi connectivity index (χ2n) is 5.27. The van der Waals surface area contributed by atoms with E-state index in [0.29, 0.717) is 13.0 Å². The molecule has 7 heteroatoms. The summed E-state index contributed by atoms with van der Waals surface area (Å²) in [5, 5.41) is 7.54. The molecule has 0 aliphatic heterocycles. The van der Waals surface area contributed by atoms with Crippen LogP contribution in [0.4, 0.5) is 4.39 Å². The van der Waals surface area contributed by atoms with Crippen LogP contribution in [0.5, 0.6) is 0 Å². The van der Waals surface area contributed by atoms with Crippen molar-refractivity contribution in [3.8, 4) is 0 Å². The lowest BCUT2D eigenvalue weighted by Crippen LogP contribution is -2.37. The highest BCUT2D eigenvalue weighted by atomic mass is 79.9.